The van der Waals surface area contributed by atoms with Crippen LogP contribution in [0.3, 0.4) is 0 Å². The topological polar surface area (TPSA) is 66.5 Å². The summed E-state index contributed by atoms with van der Waals surface area (Å²) < 4.78 is 26.4. The Morgan fingerprint density at radius 2 is 1.75 bits per heavy atom. The van der Waals surface area contributed by atoms with Crippen molar-refractivity contribution < 1.29 is 13.2 Å². The van der Waals surface area contributed by atoms with Gasteiger partial charge in [-0.05, 0) is 37.6 Å². The van der Waals surface area contributed by atoms with Crippen molar-refractivity contribution in [2.45, 2.75) is 25.7 Å². The van der Waals surface area contributed by atoms with E-state index in [-0.39, 0.29) is 23.9 Å². The van der Waals surface area contributed by atoms with Crippen molar-refractivity contribution in [1.29, 1.82) is 0 Å². The fourth-order valence-corrected chi connectivity index (χ4v) is 3.84. The Balaban J connectivity index is 2.14. The molecule has 0 saturated carbocycles. The van der Waals surface area contributed by atoms with Crippen LogP contribution in [0.1, 0.15) is 18.1 Å². The van der Waals surface area contributed by atoms with Gasteiger partial charge < -0.3 is 5.32 Å². The summed E-state index contributed by atoms with van der Waals surface area (Å²) in [4.78, 5) is 12.5. The first-order valence-electron chi connectivity index (χ1n) is 7.77. The quantitative estimate of drug-likeness (QED) is 0.874. The van der Waals surface area contributed by atoms with Gasteiger partial charge in [0.25, 0.3) is 0 Å². The summed E-state index contributed by atoms with van der Waals surface area (Å²) in [6.45, 7) is 5.59. The van der Waals surface area contributed by atoms with E-state index in [0.717, 1.165) is 11.1 Å². The zero-order valence-electron chi connectivity index (χ0n) is 14.1. The lowest BCUT2D eigenvalue weighted by molar-refractivity contribution is -0.116. The molecular formula is C18H22N2O3S. The van der Waals surface area contributed by atoms with E-state index >= 15 is 0 Å². The van der Waals surface area contributed by atoms with Gasteiger partial charge in [0.05, 0.1) is 11.4 Å². The van der Waals surface area contributed by atoms with E-state index < -0.39 is 10.0 Å². The molecule has 0 atom stereocenters. The van der Waals surface area contributed by atoms with Gasteiger partial charge in [-0.25, -0.2) is 8.42 Å². The normalized spacial score (nSPS) is 11.5. The molecule has 2 aromatic carbocycles. The van der Waals surface area contributed by atoms with Crippen molar-refractivity contribution in [3.8, 4) is 0 Å². The number of anilines is 1. The molecule has 0 bridgehead atoms. The minimum Gasteiger partial charge on any atom is -0.325 e. The molecule has 2 rings (SSSR count). The predicted octanol–water partition coefficient (Wildman–Crippen LogP) is 2.95. The fourth-order valence-electron chi connectivity index (χ4n) is 2.41. The predicted molar refractivity (Wildman–Crippen MR) is 95.4 cm³/mol. The first-order valence-corrected chi connectivity index (χ1v) is 9.21. The summed E-state index contributed by atoms with van der Waals surface area (Å²) in [6, 6.07) is 13.8. The molecule has 0 radical (unpaired) electrons. The van der Waals surface area contributed by atoms with Crippen LogP contribution in [0.15, 0.2) is 53.4 Å². The Labute approximate surface area is 143 Å². The van der Waals surface area contributed by atoms with E-state index in [1.165, 1.54) is 16.4 Å². The van der Waals surface area contributed by atoms with Crippen LogP contribution in [0.25, 0.3) is 0 Å². The molecule has 6 heteroatoms. The maximum atomic E-state index is 12.6. The number of nitrogens with zero attached hydrogens (tertiary/aromatic N) is 1. The highest BCUT2D eigenvalue weighted by Gasteiger charge is 2.25. The van der Waals surface area contributed by atoms with E-state index in [0.29, 0.717) is 5.69 Å². The van der Waals surface area contributed by atoms with Crippen LogP contribution in [-0.2, 0) is 14.8 Å². The van der Waals surface area contributed by atoms with Crippen molar-refractivity contribution in [3.63, 3.8) is 0 Å². The number of carbonyl (C=O) groups excluding carboxylic acids is 1. The molecule has 0 heterocycles. The number of likely N-dealkylation sites (N-methyl/N-ethyl adjacent to an activating group) is 1. The van der Waals surface area contributed by atoms with Crippen molar-refractivity contribution >= 4 is 21.6 Å². The smallest absolute Gasteiger partial charge is 0.243 e. The first-order chi connectivity index (χ1) is 11.3. The lowest BCUT2D eigenvalue weighted by atomic mass is 10.1. The molecule has 0 aromatic heterocycles. The first kappa shape index (κ1) is 18.2. The number of benzene rings is 2. The maximum Gasteiger partial charge on any atom is 0.243 e. The van der Waals surface area contributed by atoms with Gasteiger partial charge in [0, 0.05) is 12.2 Å². The summed E-state index contributed by atoms with van der Waals surface area (Å²) in [5.74, 6) is -0.358. The largest absolute Gasteiger partial charge is 0.325 e. The zero-order chi connectivity index (χ0) is 17.7. The number of carbonyl (C=O) groups is 1. The molecule has 0 aliphatic heterocycles. The van der Waals surface area contributed by atoms with Gasteiger partial charge in [-0.1, -0.05) is 42.8 Å². The Bertz CT molecular complexity index is 817. The minimum absolute atomic E-state index is 0.186. The van der Waals surface area contributed by atoms with Gasteiger partial charge in [-0.2, -0.15) is 4.31 Å². The van der Waals surface area contributed by atoms with Crippen molar-refractivity contribution in [1.82, 2.24) is 4.31 Å². The third kappa shape index (κ3) is 4.21. The fraction of sp³-hybridized carbons (Fsp3) is 0.278. The summed E-state index contributed by atoms with van der Waals surface area (Å²) >= 11 is 0. The standard InChI is InChI=1S/C18H22N2O3S/c1-4-20(24(22,23)16-8-6-5-7-9-16)13-18(21)19-17-11-10-14(2)12-15(17)3/h5-12H,4,13H2,1-3H3,(H,19,21). The number of rotatable bonds is 6. The molecule has 2 aromatic rings. The number of amides is 1. The lowest BCUT2D eigenvalue weighted by Crippen LogP contribution is -2.37. The molecule has 0 fully saturated rings. The second-order valence-corrected chi connectivity index (χ2v) is 7.55. The molecule has 0 unspecified atom stereocenters. The molecule has 1 amide bonds. The molecule has 0 spiro atoms. The van der Waals surface area contributed by atoms with Crippen LogP contribution in [0.4, 0.5) is 5.69 Å². The van der Waals surface area contributed by atoms with Crippen molar-refractivity contribution in [3.05, 3.63) is 59.7 Å². The van der Waals surface area contributed by atoms with E-state index in [1.807, 2.05) is 32.0 Å². The second-order valence-electron chi connectivity index (χ2n) is 5.61. The zero-order valence-corrected chi connectivity index (χ0v) is 14.9. The van der Waals surface area contributed by atoms with Crippen LogP contribution < -0.4 is 5.32 Å². The molecule has 1 N–H and O–H groups in total. The van der Waals surface area contributed by atoms with Crippen LogP contribution in [0, 0.1) is 13.8 Å². The average Bonchev–Trinajstić information content (AvgIpc) is 2.56. The number of nitrogens with one attached hydrogen (secondary N) is 1. The second kappa shape index (κ2) is 7.59. The van der Waals surface area contributed by atoms with E-state index in [9.17, 15) is 13.2 Å². The van der Waals surface area contributed by atoms with Crippen LogP contribution in [0.5, 0.6) is 0 Å². The molecule has 0 aliphatic rings. The monoisotopic (exact) mass is 346 g/mol. The van der Waals surface area contributed by atoms with Crippen LogP contribution in [0.2, 0.25) is 0 Å². The SMILES string of the molecule is CCN(CC(=O)Nc1ccc(C)cc1C)S(=O)(=O)c1ccccc1. The van der Waals surface area contributed by atoms with E-state index in [2.05, 4.69) is 5.32 Å². The lowest BCUT2D eigenvalue weighted by Gasteiger charge is -2.20. The van der Waals surface area contributed by atoms with Gasteiger partial charge in [0.1, 0.15) is 0 Å². The summed E-state index contributed by atoms with van der Waals surface area (Å²) in [7, 11) is -3.68. The highest BCUT2D eigenvalue weighted by molar-refractivity contribution is 7.89. The van der Waals surface area contributed by atoms with Crippen molar-refractivity contribution in [2.75, 3.05) is 18.4 Å². The number of hydrogen-bond donors (Lipinski definition) is 1. The molecule has 0 aliphatic carbocycles. The summed E-state index contributed by atoms with van der Waals surface area (Å²) in [5.41, 5.74) is 2.74. The van der Waals surface area contributed by atoms with Crippen LogP contribution >= 0.6 is 0 Å². The molecular weight excluding hydrogens is 324 g/mol. The Morgan fingerprint density at radius 3 is 2.33 bits per heavy atom. The van der Waals surface area contributed by atoms with E-state index in [4.69, 9.17) is 0 Å². The van der Waals surface area contributed by atoms with Gasteiger partial charge >= 0.3 is 0 Å². The van der Waals surface area contributed by atoms with Gasteiger partial charge in [0.2, 0.25) is 15.9 Å². The summed E-state index contributed by atoms with van der Waals surface area (Å²) in [6.07, 6.45) is 0. The van der Waals surface area contributed by atoms with Gasteiger partial charge in [0.15, 0.2) is 0 Å². The minimum atomic E-state index is -3.68. The van der Waals surface area contributed by atoms with Crippen molar-refractivity contribution in [2.24, 2.45) is 0 Å². The third-order valence-corrected chi connectivity index (χ3v) is 5.64. The molecule has 128 valence electrons. The highest BCUT2D eigenvalue weighted by Crippen LogP contribution is 2.17. The Kier molecular flexibility index (Phi) is 5.75. The maximum absolute atomic E-state index is 12.6. The highest BCUT2D eigenvalue weighted by atomic mass is 32.2. The Hall–Kier alpha value is -2.18. The number of sulfonamides is 1. The number of hydrogen-bond acceptors (Lipinski definition) is 3. The Morgan fingerprint density at radius 1 is 1.08 bits per heavy atom. The van der Waals surface area contributed by atoms with Crippen LogP contribution in [-0.4, -0.2) is 31.7 Å². The molecule has 24 heavy (non-hydrogen) atoms. The third-order valence-electron chi connectivity index (χ3n) is 3.71. The molecule has 0 saturated heterocycles. The van der Waals surface area contributed by atoms with Gasteiger partial charge in [-0.3, -0.25) is 4.79 Å². The van der Waals surface area contributed by atoms with Gasteiger partial charge in [-0.15, -0.1) is 0 Å². The average molecular weight is 346 g/mol. The number of aryl methyl sites for hydroxylation is 2. The molecule has 5 nitrogen and oxygen atoms in total. The van der Waals surface area contributed by atoms with E-state index in [1.54, 1.807) is 25.1 Å². The summed E-state index contributed by atoms with van der Waals surface area (Å²) in [5, 5.41) is 2.78.